The molecule has 0 atom stereocenters. The molecule has 2 rings (SSSR count). The average molecular weight is 374 g/mol. The maximum absolute atomic E-state index is 11.4. The summed E-state index contributed by atoms with van der Waals surface area (Å²) in [5.74, 6) is 0.767. The zero-order chi connectivity index (χ0) is 13.0. The first-order valence-corrected chi connectivity index (χ1v) is 6.56. The Kier molecular flexibility index (Phi) is 4.33. The summed E-state index contributed by atoms with van der Waals surface area (Å²) in [5, 5.41) is 0.0591. The van der Waals surface area contributed by atoms with Crippen LogP contribution < -0.4 is 9.68 Å². The highest BCUT2D eigenvalue weighted by atomic mass is 79.9. The minimum absolute atomic E-state index is 0.0591. The molecule has 0 saturated heterocycles. The van der Waals surface area contributed by atoms with Crippen molar-refractivity contribution in [3.8, 4) is 11.5 Å². The van der Waals surface area contributed by atoms with Gasteiger partial charge in [-0.15, -0.1) is 9.68 Å². The number of hydrogen-bond donors (Lipinski definition) is 0. The first-order chi connectivity index (χ1) is 8.63. The summed E-state index contributed by atoms with van der Waals surface area (Å²) >= 11 is 6.56. The summed E-state index contributed by atoms with van der Waals surface area (Å²) in [6, 6.07) is 13.8. The monoisotopic (exact) mass is 372 g/mol. The SMILES string of the molecule is O=[N+](Oc1cccc(Br)c1)Oc1cccc(Br)c1. The summed E-state index contributed by atoms with van der Waals surface area (Å²) < 4.78 is 1.63. The van der Waals surface area contributed by atoms with Gasteiger partial charge in [-0.25, -0.2) is 0 Å². The molecule has 0 aromatic heterocycles. The molecule has 0 amide bonds. The van der Waals surface area contributed by atoms with E-state index in [0.29, 0.717) is 11.5 Å². The van der Waals surface area contributed by atoms with Crippen LogP contribution in [0.4, 0.5) is 0 Å². The Morgan fingerprint density at radius 2 is 1.28 bits per heavy atom. The van der Waals surface area contributed by atoms with Gasteiger partial charge in [0.15, 0.2) is 0 Å². The molecule has 2 aromatic rings. The lowest BCUT2D eigenvalue weighted by atomic mass is 10.3. The van der Waals surface area contributed by atoms with Crippen LogP contribution in [0.5, 0.6) is 11.5 Å². The fraction of sp³-hybridized carbons (Fsp3) is 0. The van der Waals surface area contributed by atoms with Gasteiger partial charge in [0.2, 0.25) is 11.5 Å². The Labute approximate surface area is 120 Å². The van der Waals surface area contributed by atoms with Crippen LogP contribution in [-0.4, -0.2) is 5.09 Å². The molecule has 0 spiro atoms. The number of rotatable bonds is 4. The predicted octanol–water partition coefficient (Wildman–Crippen LogP) is 4.28. The van der Waals surface area contributed by atoms with Crippen molar-refractivity contribution in [2.24, 2.45) is 0 Å². The molecule has 2 aromatic carbocycles. The van der Waals surface area contributed by atoms with Gasteiger partial charge in [-0.1, -0.05) is 44.0 Å². The first-order valence-electron chi connectivity index (χ1n) is 4.98. The average Bonchev–Trinajstić information content (AvgIpc) is 2.28. The van der Waals surface area contributed by atoms with E-state index in [-0.39, 0.29) is 5.09 Å². The summed E-state index contributed by atoms with van der Waals surface area (Å²) in [4.78, 5) is 21.3. The molecule has 0 radical (unpaired) electrons. The number of halogens is 2. The zero-order valence-corrected chi connectivity index (χ0v) is 12.2. The van der Waals surface area contributed by atoms with E-state index in [0.717, 1.165) is 8.95 Å². The maximum atomic E-state index is 11.4. The third kappa shape index (κ3) is 3.82. The molecule has 4 nitrogen and oxygen atoms in total. The van der Waals surface area contributed by atoms with E-state index in [4.69, 9.17) is 9.68 Å². The van der Waals surface area contributed by atoms with Crippen molar-refractivity contribution in [1.82, 2.24) is 0 Å². The Balaban J connectivity index is 2.01. The van der Waals surface area contributed by atoms with Gasteiger partial charge in [-0.2, -0.15) is 0 Å². The Morgan fingerprint density at radius 1 is 0.833 bits per heavy atom. The first kappa shape index (κ1) is 13.0. The lowest BCUT2D eigenvalue weighted by Crippen LogP contribution is -2.17. The van der Waals surface area contributed by atoms with Crippen molar-refractivity contribution in [3.63, 3.8) is 0 Å². The molecule has 0 heterocycles. The molecule has 0 aliphatic carbocycles. The third-order valence-corrected chi connectivity index (χ3v) is 2.94. The molecule has 0 saturated carbocycles. The normalized spacial score (nSPS) is 9.89. The van der Waals surface area contributed by atoms with Crippen molar-refractivity contribution < 1.29 is 14.8 Å². The molecule has 6 heteroatoms. The number of nitrogens with zero attached hydrogens (tertiary/aromatic N) is 1. The molecule has 0 aliphatic heterocycles. The quantitative estimate of drug-likeness (QED) is 0.751. The second-order valence-corrected chi connectivity index (χ2v) is 5.15. The van der Waals surface area contributed by atoms with E-state index in [1.54, 1.807) is 36.4 Å². The highest BCUT2D eigenvalue weighted by Crippen LogP contribution is 2.20. The fourth-order valence-electron chi connectivity index (χ4n) is 1.24. The molecule has 92 valence electrons. The second kappa shape index (κ2) is 5.97. The van der Waals surface area contributed by atoms with Crippen molar-refractivity contribution in [3.05, 3.63) is 62.4 Å². The minimum atomic E-state index is 0.0591. The Bertz CT molecular complexity index is 525. The maximum Gasteiger partial charge on any atom is 0.489 e. The molecular formula is C12H8Br2NO3+. The van der Waals surface area contributed by atoms with Crippen LogP contribution in [0.2, 0.25) is 0 Å². The van der Waals surface area contributed by atoms with E-state index < -0.39 is 0 Å². The van der Waals surface area contributed by atoms with Crippen LogP contribution in [-0.2, 0) is 0 Å². The minimum Gasteiger partial charge on any atom is -0.145 e. The number of hydrogen-bond acceptors (Lipinski definition) is 3. The van der Waals surface area contributed by atoms with E-state index in [2.05, 4.69) is 31.9 Å². The van der Waals surface area contributed by atoms with Crippen molar-refractivity contribution in [1.29, 1.82) is 0 Å². The van der Waals surface area contributed by atoms with Gasteiger partial charge in [0.25, 0.3) is 0 Å². The predicted molar refractivity (Wildman–Crippen MR) is 73.2 cm³/mol. The fourth-order valence-corrected chi connectivity index (χ4v) is 1.99. The van der Waals surface area contributed by atoms with Crippen molar-refractivity contribution in [2.75, 3.05) is 0 Å². The molecule has 0 fully saturated rings. The van der Waals surface area contributed by atoms with Gasteiger partial charge < -0.3 is 0 Å². The highest BCUT2D eigenvalue weighted by molar-refractivity contribution is 9.10. The smallest absolute Gasteiger partial charge is 0.145 e. The van der Waals surface area contributed by atoms with Gasteiger partial charge in [-0.3, -0.25) is 0 Å². The van der Waals surface area contributed by atoms with Gasteiger partial charge in [0, 0.05) is 21.1 Å². The van der Waals surface area contributed by atoms with Crippen LogP contribution >= 0.6 is 31.9 Å². The molecule has 0 N–H and O–H groups in total. The largest absolute Gasteiger partial charge is 0.489 e. The molecule has 0 bridgehead atoms. The number of benzene rings is 2. The van der Waals surface area contributed by atoms with Crippen LogP contribution in [0.25, 0.3) is 0 Å². The van der Waals surface area contributed by atoms with Crippen LogP contribution in [0.1, 0.15) is 0 Å². The highest BCUT2D eigenvalue weighted by Gasteiger charge is 2.16. The van der Waals surface area contributed by atoms with E-state index in [1.807, 2.05) is 12.1 Å². The van der Waals surface area contributed by atoms with Gasteiger partial charge in [0.05, 0.1) is 0 Å². The van der Waals surface area contributed by atoms with Crippen molar-refractivity contribution in [2.45, 2.75) is 0 Å². The summed E-state index contributed by atoms with van der Waals surface area (Å²) in [7, 11) is 0. The lowest BCUT2D eigenvalue weighted by molar-refractivity contribution is -0.920. The van der Waals surface area contributed by atoms with E-state index in [9.17, 15) is 4.91 Å². The van der Waals surface area contributed by atoms with E-state index >= 15 is 0 Å². The van der Waals surface area contributed by atoms with E-state index in [1.165, 1.54) is 0 Å². The van der Waals surface area contributed by atoms with Crippen molar-refractivity contribution >= 4 is 31.9 Å². The zero-order valence-electron chi connectivity index (χ0n) is 9.05. The van der Waals surface area contributed by atoms with Crippen LogP contribution in [0.3, 0.4) is 0 Å². The van der Waals surface area contributed by atoms with Crippen LogP contribution in [0, 0.1) is 4.91 Å². The summed E-state index contributed by atoms with van der Waals surface area (Å²) in [6.45, 7) is 0. The third-order valence-electron chi connectivity index (χ3n) is 1.95. The topological polar surface area (TPSA) is 38.5 Å². The molecular weight excluding hydrogens is 366 g/mol. The van der Waals surface area contributed by atoms with Crippen LogP contribution in [0.15, 0.2) is 57.5 Å². The Morgan fingerprint density at radius 3 is 1.67 bits per heavy atom. The molecule has 18 heavy (non-hydrogen) atoms. The standard InChI is InChI=1S/C12H8Br2NO3/c13-9-3-1-5-11(7-9)17-15(16)18-12-6-2-4-10(14)8-12/h1-8H/q+1. The van der Waals surface area contributed by atoms with Gasteiger partial charge in [0.1, 0.15) is 4.91 Å². The summed E-state index contributed by atoms with van der Waals surface area (Å²) in [5.41, 5.74) is 0. The lowest BCUT2D eigenvalue weighted by Gasteiger charge is -1.96. The Hall–Kier alpha value is -1.40. The van der Waals surface area contributed by atoms with Gasteiger partial charge >= 0.3 is 5.09 Å². The van der Waals surface area contributed by atoms with Gasteiger partial charge in [-0.05, 0) is 24.3 Å². The molecule has 0 aliphatic rings. The second-order valence-electron chi connectivity index (χ2n) is 3.32. The molecule has 0 unspecified atom stereocenters. The summed E-state index contributed by atoms with van der Waals surface area (Å²) in [6.07, 6.45) is 0.